The molecular formula is C28H42ClNO3. The van der Waals surface area contributed by atoms with Gasteiger partial charge in [0.2, 0.25) is 0 Å². The molecule has 184 valence electrons. The lowest BCUT2D eigenvalue weighted by molar-refractivity contribution is 0.125. The number of hydrogen-bond donors (Lipinski definition) is 1. The molecule has 5 heteroatoms. The van der Waals surface area contributed by atoms with E-state index < -0.39 is 6.10 Å². The van der Waals surface area contributed by atoms with Crippen LogP contribution < -0.4 is 9.47 Å². The summed E-state index contributed by atoms with van der Waals surface area (Å²) in [7, 11) is 0. The van der Waals surface area contributed by atoms with Crippen LogP contribution in [0.5, 0.6) is 11.5 Å². The number of hydrogen-bond acceptors (Lipinski definition) is 4. The van der Waals surface area contributed by atoms with Crippen LogP contribution in [0.3, 0.4) is 0 Å². The summed E-state index contributed by atoms with van der Waals surface area (Å²) >= 11 is 5.65. The van der Waals surface area contributed by atoms with Gasteiger partial charge < -0.3 is 19.5 Å². The molecule has 1 atom stereocenters. The van der Waals surface area contributed by atoms with Crippen LogP contribution in [0.4, 0.5) is 0 Å². The highest BCUT2D eigenvalue weighted by Gasteiger charge is 2.24. The van der Waals surface area contributed by atoms with Gasteiger partial charge in [0.25, 0.3) is 0 Å². The number of alkyl halides is 1. The Morgan fingerprint density at radius 3 is 2.15 bits per heavy atom. The number of rotatable bonds is 15. The highest BCUT2D eigenvalue weighted by molar-refractivity contribution is 6.18. The number of nitrogens with zero attached hydrogens (tertiary/aromatic N) is 1. The molecule has 2 aromatic carbocycles. The second-order valence-corrected chi connectivity index (χ2v) is 9.60. The molecule has 0 saturated carbocycles. The number of ether oxygens (including phenoxy) is 2. The molecule has 0 spiro atoms. The Hall–Kier alpha value is -1.75. The summed E-state index contributed by atoms with van der Waals surface area (Å²) in [5.74, 6) is 1.86. The van der Waals surface area contributed by atoms with Gasteiger partial charge >= 0.3 is 0 Å². The van der Waals surface area contributed by atoms with E-state index in [0.29, 0.717) is 0 Å². The van der Waals surface area contributed by atoms with Crippen molar-refractivity contribution in [2.24, 2.45) is 0 Å². The molecule has 2 rings (SSSR count). The zero-order valence-electron chi connectivity index (χ0n) is 21.1. The second kappa shape index (κ2) is 13.8. The van der Waals surface area contributed by atoms with Gasteiger partial charge in [0, 0.05) is 12.0 Å². The summed E-state index contributed by atoms with van der Waals surface area (Å²) in [6.45, 7) is 15.3. The minimum Gasteiger partial charge on any atom is -0.494 e. The van der Waals surface area contributed by atoms with Crippen LogP contribution >= 0.6 is 11.6 Å². The average molecular weight is 476 g/mol. The topological polar surface area (TPSA) is 41.9 Å². The van der Waals surface area contributed by atoms with Crippen molar-refractivity contribution in [1.29, 1.82) is 0 Å². The van der Waals surface area contributed by atoms with Gasteiger partial charge in [-0.15, -0.1) is 11.6 Å². The molecule has 0 bridgehead atoms. The minimum absolute atomic E-state index is 0.154. The van der Waals surface area contributed by atoms with E-state index in [1.165, 1.54) is 37.1 Å². The summed E-state index contributed by atoms with van der Waals surface area (Å²) in [6, 6.07) is 14.7. The van der Waals surface area contributed by atoms with Gasteiger partial charge in [-0.3, -0.25) is 0 Å². The monoisotopic (exact) mass is 475 g/mol. The molecule has 1 N–H and O–H groups in total. The largest absolute Gasteiger partial charge is 0.494 e. The smallest absolute Gasteiger partial charge is 0.122 e. The Labute approximate surface area is 205 Å². The molecule has 0 aliphatic rings. The van der Waals surface area contributed by atoms with E-state index in [-0.39, 0.29) is 17.9 Å². The fourth-order valence-corrected chi connectivity index (χ4v) is 4.10. The standard InChI is InChI=1S/C28H42ClNO3/c1-6-15-30(16-7-2)17-8-18-32-26-12-9-23(10-13-26)28(4,5)24-11-14-27(22(3)19-24)33-21-25(31)20-29/h9-14,19,25,31H,6-8,15-18,20-21H2,1-5H3. The van der Waals surface area contributed by atoms with E-state index in [1.54, 1.807) is 0 Å². The summed E-state index contributed by atoms with van der Waals surface area (Å²) in [5.41, 5.74) is 3.34. The highest BCUT2D eigenvalue weighted by Crippen LogP contribution is 2.34. The molecular weight excluding hydrogens is 434 g/mol. The van der Waals surface area contributed by atoms with Crippen molar-refractivity contribution < 1.29 is 14.6 Å². The number of aliphatic hydroxyl groups is 1. The first-order chi connectivity index (χ1) is 15.8. The van der Waals surface area contributed by atoms with Gasteiger partial charge in [-0.1, -0.05) is 52.0 Å². The molecule has 0 radical (unpaired) electrons. The van der Waals surface area contributed by atoms with E-state index in [1.807, 2.05) is 13.0 Å². The van der Waals surface area contributed by atoms with Crippen molar-refractivity contribution in [1.82, 2.24) is 4.90 Å². The molecule has 0 saturated heterocycles. The normalized spacial score (nSPS) is 12.7. The first kappa shape index (κ1) is 27.5. The molecule has 2 aromatic rings. The Bertz CT molecular complexity index is 816. The quantitative estimate of drug-likeness (QED) is 0.246. The van der Waals surface area contributed by atoms with Gasteiger partial charge in [-0.25, -0.2) is 0 Å². The van der Waals surface area contributed by atoms with Crippen LogP contribution in [0, 0.1) is 6.92 Å². The third kappa shape index (κ3) is 8.51. The minimum atomic E-state index is -0.658. The predicted molar refractivity (Wildman–Crippen MR) is 139 cm³/mol. The van der Waals surface area contributed by atoms with Crippen LogP contribution in [0.15, 0.2) is 42.5 Å². The summed E-state index contributed by atoms with van der Waals surface area (Å²) in [4.78, 5) is 2.52. The van der Waals surface area contributed by atoms with E-state index >= 15 is 0 Å². The van der Waals surface area contributed by atoms with Gasteiger partial charge in [0.05, 0.1) is 12.5 Å². The van der Waals surface area contributed by atoms with Crippen molar-refractivity contribution in [3.05, 3.63) is 59.2 Å². The summed E-state index contributed by atoms with van der Waals surface area (Å²) < 4.78 is 11.7. The maximum Gasteiger partial charge on any atom is 0.122 e. The lowest BCUT2D eigenvalue weighted by Gasteiger charge is -2.27. The van der Waals surface area contributed by atoms with Crippen LogP contribution in [-0.2, 0) is 5.41 Å². The first-order valence-electron chi connectivity index (χ1n) is 12.2. The molecule has 1 unspecified atom stereocenters. The van der Waals surface area contributed by atoms with E-state index in [2.05, 4.69) is 69.0 Å². The van der Waals surface area contributed by atoms with E-state index in [0.717, 1.165) is 36.6 Å². The molecule has 0 aliphatic carbocycles. The number of aliphatic hydroxyl groups excluding tert-OH is 1. The molecule has 0 fully saturated rings. The molecule has 4 nitrogen and oxygen atoms in total. The SMILES string of the molecule is CCCN(CCC)CCCOc1ccc(C(C)(C)c2ccc(OCC(O)CCl)c(C)c2)cc1. The van der Waals surface area contributed by atoms with Gasteiger partial charge in [0.15, 0.2) is 0 Å². The third-order valence-corrected chi connectivity index (χ3v) is 6.41. The summed E-state index contributed by atoms with van der Waals surface area (Å²) in [5, 5.41) is 9.63. The Morgan fingerprint density at radius 1 is 0.939 bits per heavy atom. The lowest BCUT2D eigenvalue weighted by Crippen LogP contribution is -2.27. The highest BCUT2D eigenvalue weighted by atomic mass is 35.5. The Morgan fingerprint density at radius 2 is 1.58 bits per heavy atom. The van der Waals surface area contributed by atoms with Crippen LogP contribution in [-0.4, -0.2) is 54.8 Å². The fourth-order valence-electron chi connectivity index (χ4n) is 4.01. The lowest BCUT2D eigenvalue weighted by atomic mass is 9.77. The Balaban J connectivity index is 1.95. The molecule has 33 heavy (non-hydrogen) atoms. The van der Waals surface area contributed by atoms with Crippen LogP contribution in [0.2, 0.25) is 0 Å². The number of benzene rings is 2. The first-order valence-corrected chi connectivity index (χ1v) is 12.8. The predicted octanol–water partition coefficient (Wildman–Crippen LogP) is 6.19. The fraction of sp³-hybridized carbons (Fsp3) is 0.571. The van der Waals surface area contributed by atoms with Crippen molar-refractivity contribution in [2.75, 3.05) is 38.7 Å². The molecule has 0 heterocycles. The zero-order chi connectivity index (χ0) is 24.3. The maximum absolute atomic E-state index is 9.63. The number of halogens is 1. The van der Waals surface area contributed by atoms with Crippen molar-refractivity contribution in [2.45, 2.75) is 65.4 Å². The van der Waals surface area contributed by atoms with Crippen molar-refractivity contribution in [3.63, 3.8) is 0 Å². The average Bonchev–Trinajstić information content (AvgIpc) is 2.81. The van der Waals surface area contributed by atoms with E-state index in [9.17, 15) is 5.11 Å². The van der Waals surface area contributed by atoms with Crippen LogP contribution in [0.25, 0.3) is 0 Å². The second-order valence-electron chi connectivity index (χ2n) is 9.29. The third-order valence-electron chi connectivity index (χ3n) is 6.05. The number of aryl methyl sites for hydroxylation is 1. The molecule has 0 aliphatic heterocycles. The Kier molecular flexibility index (Phi) is 11.5. The van der Waals surface area contributed by atoms with Crippen LogP contribution in [0.1, 0.15) is 63.6 Å². The molecule has 0 aromatic heterocycles. The van der Waals surface area contributed by atoms with Gasteiger partial charge in [-0.2, -0.15) is 0 Å². The van der Waals surface area contributed by atoms with E-state index in [4.69, 9.17) is 21.1 Å². The van der Waals surface area contributed by atoms with Crippen molar-refractivity contribution >= 4 is 11.6 Å². The molecule has 0 amide bonds. The maximum atomic E-state index is 9.63. The summed E-state index contributed by atoms with van der Waals surface area (Å²) in [6.07, 6.45) is 2.78. The van der Waals surface area contributed by atoms with Gasteiger partial charge in [0.1, 0.15) is 24.2 Å². The van der Waals surface area contributed by atoms with Crippen molar-refractivity contribution in [3.8, 4) is 11.5 Å². The van der Waals surface area contributed by atoms with Gasteiger partial charge in [-0.05, 0) is 74.2 Å². The zero-order valence-corrected chi connectivity index (χ0v) is 21.8.